The maximum Gasteiger partial charge on any atom is 0.134 e. The number of para-hydroxylation sites is 1. The summed E-state index contributed by atoms with van der Waals surface area (Å²) in [5.41, 5.74) is 7.03. The molecular formula is C15H11F2NO. The maximum atomic E-state index is 13.2. The smallest absolute Gasteiger partial charge is 0.134 e. The van der Waals surface area contributed by atoms with Crippen molar-refractivity contribution in [2.45, 2.75) is 6.04 Å². The Kier molecular flexibility index (Phi) is 2.80. The molecule has 1 heterocycles. The van der Waals surface area contributed by atoms with Gasteiger partial charge >= 0.3 is 0 Å². The Hall–Kier alpha value is -2.20. The minimum absolute atomic E-state index is 0.344. The number of hydrogen-bond acceptors (Lipinski definition) is 2. The third-order valence-corrected chi connectivity index (χ3v) is 3.00. The molecule has 1 aromatic heterocycles. The first-order chi connectivity index (χ1) is 9.13. The van der Waals surface area contributed by atoms with Crippen LogP contribution in [0.15, 0.2) is 52.9 Å². The van der Waals surface area contributed by atoms with Crippen molar-refractivity contribution in [3.63, 3.8) is 0 Å². The van der Waals surface area contributed by atoms with Gasteiger partial charge < -0.3 is 10.2 Å². The fraction of sp³-hybridized carbons (Fsp3) is 0.0667. The molecule has 1 unspecified atom stereocenters. The van der Waals surface area contributed by atoms with E-state index in [-0.39, 0.29) is 0 Å². The summed E-state index contributed by atoms with van der Waals surface area (Å²) in [5.74, 6) is -0.825. The van der Waals surface area contributed by atoms with Crippen molar-refractivity contribution in [3.8, 4) is 0 Å². The highest BCUT2D eigenvalue weighted by atomic mass is 19.1. The van der Waals surface area contributed by atoms with Gasteiger partial charge in [0.1, 0.15) is 23.0 Å². The van der Waals surface area contributed by atoms with E-state index in [2.05, 4.69) is 0 Å². The number of halogens is 2. The van der Waals surface area contributed by atoms with E-state index in [0.717, 1.165) is 11.5 Å². The van der Waals surface area contributed by atoms with Gasteiger partial charge in [0, 0.05) is 11.5 Å². The summed E-state index contributed by atoms with van der Waals surface area (Å²) < 4.78 is 32.0. The molecule has 2 aromatic carbocycles. The first-order valence-electron chi connectivity index (χ1n) is 5.83. The summed E-state index contributed by atoms with van der Waals surface area (Å²) in [4.78, 5) is 0. The van der Waals surface area contributed by atoms with Crippen molar-refractivity contribution in [2.24, 2.45) is 5.73 Å². The van der Waals surface area contributed by atoms with Gasteiger partial charge in [0.2, 0.25) is 0 Å². The van der Waals surface area contributed by atoms with E-state index in [1.165, 1.54) is 12.1 Å². The summed E-state index contributed by atoms with van der Waals surface area (Å²) in [5, 5.41) is 0.907. The van der Waals surface area contributed by atoms with Crippen molar-refractivity contribution in [3.05, 3.63) is 71.5 Å². The molecule has 0 bridgehead atoms. The zero-order chi connectivity index (χ0) is 13.4. The quantitative estimate of drug-likeness (QED) is 0.761. The van der Waals surface area contributed by atoms with Crippen molar-refractivity contribution in [1.82, 2.24) is 0 Å². The first-order valence-corrected chi connectivity index (χ1v) is 5.83. The molecule has 0 spiro atoms. The molecule has 0 saturated carbocycles. The van der Waals surface area contributed by atoms with E-state index < -0.39 is 17.7 Å². The number of fused-ring (bicyclic) bond motifs is 1. The Labute approximate surface area is 108 Å². The second kappa shape index (κ2) is 4.48. The predicted molar refractivity (Wildman–Crippen MR) is 68.6 cm³/mol. The van der Waals surface area contributed by atoms with Crippen molar-refractivity contribution >= 4 is 11.0 Å². The highest BCUT2D eigenvalue weighted by Gasteiger charge is 2.15. The van der Waals surface area contributed by atoms with Crippen molar-refractivity contribution in [2.75, 3.05) is 0 Å². The topological polar surface area (TPSA) is 39.2 Å². The lowest BCUT2D eigenvalue weighted by atomic mass is 10.0. The van der Waals surface area contributed by atoms with Gasteiger partial charge in [-0.15, -0.1) is 0 Å². The van der Waals surface area contributed by atoms with Crippen LogP contribution in [0.25, 0.3) is 11.0 Å². The van der Waals surface area contributed by atoms with Crippen LogP contribution in [0.1, 0.15) is 17.4 Å². The summed E-state index contributed by atoms with van der Waals surface area (Å²) in [6, 6.07) is 11.8. The summed E-state index contributed by atoms with van der Waals surface area (Å²) in [6.07, 6.45) is 0. The normalized spacial score (nSPS) is 12.8. The molecule has 1 atom stereocenters. The van der Waals surface area contributed by atoms with Crippen LogP contribution in [0.2, 0.25) is 0 Å². The minimum Gasteiger partial charge on any atom is -0.459 e. The van der Waals surface area contributed by atoms with E-state index in [9.17, 15) is 8.78 Å². The third-order valence-electron chi connectivity index (χ3n) is 3.00. The summed E-state index contributed by atoms with van der Waals surface area (Å²) in [6.45, 7) is 0. The second-order valence-electron chi connectivity index (χ2n) is 4.37. The van der Waals surface area contributed by atoms with E-state index in [1.54, 1.807) is 6.07 Å². The molecule has 3 rings (SSSR count). The Morgan fingerprint density at radius 2 is 1.63 bits per heavy atom. The lowest BCUT2D eigenvalue weighted by Gasteiger charge is -2.09. The summed E-state index contributed by atoms with van der Waals surface area (Å²) in [7, 11) is 0. The molecule has 0 radical (unpaired) electrons. The van der Waals surface area contributed by atoms with Crippen LogP contribution in [-0.2, 0) is 0 Å². The maximum absolute atomic E-state index is 13.2. The molecular weight excluding hydrogens is 248 g/mol. The molecule has 2 nitrogen and oxygen atoms in total. The predicted octanol–water partition coefficient (Wildman–Crippen LogP) is 3.76. The van der Waals surface area contributed by atoms with Crippen LogP contribution in [0.4, 0.5) is 8.78 Å². The van der Waals surface area contributed by atoms with Gasteiger partial charge in [-0.1, -0.05) is 18.2 Å². The van der Waals surface area contributed by atoms with Gasteiger partial charge in [0.25, 0.3) is 0 Å². The van der Waals surface area contributed by atoms with Crippen LogP contribution < -0.4 is 5.73 Å². The fourth-order valence-corrected chi connectivity index (χ4v) is 2.07. The number of nitrogens with two attached hydrogens (primary N) is 1. The van der Waals surface area contributed by atoms with Crippen LogP contribution >= 0.6 is 0 Å². The van der Waals surface area contributed by atoms with Crippen LogP contribution in [0.3, 0.4) is 0 Å². The molecule has 0 amide bonds. The van der Waals surface area contributed by atoms with Gasteiger partial charge in [-0.25, -0.2) is 8.78 Å². The standard InChI is InChI=1S/C15H11F2NO/c16-11-5-10(6-12(17)8-11)15(18)14-7-9-3-1-2-4-13(9)19-14/h1-8,15H,18H2. The fourth-order valence-electron chi connectivity index (χ4n) is 2.07. The van der Waals surface area contributed by atoms with Gasteiger partial charge in [0.15, 0.2) is 0 Å². The lowest BCUT2D eigenvalue weighted by Crippen LogP contribution is -2.11. The van der Waals surface area contributed by atoms with Crippen molar-refractivity contribution in [1.29, 1.82) is 0 Å². The Morgan fingerprint density at radius 3 is 2.32 bits per heavy atom. The number of hydrogen-bond donors (Lipinski definition) is 1. The minimum atomic E-state index is -0.697. The number of furan rings is 1. The number of benzene rings is 2. The molecule has 0 aliphatic heterocycles. The van der Waals surface area contributed by atoms with E-state index in [1.807, 2.05) is 24.3 Å². The molecule has 3 aromatic rings. The SMILES string of the molecule is NC(c1cc(F)cc(F)c1)c1cc2ccccc2o1. The second-order valence-corrected chi connectivity index (χ2v) is 4.37. The highest BCUT2D eigenvalue weighted by Crippen LogP contribution is 2.27. The van der Waals surface area contributed by atoms with Crippen LogP contribution in [0, 0.1) is 11.6 Å². The molecule has 0 saturated heterocycles. The molecule has 0 fully saturated rings. The molecule has 0 aliphatic carbocycles. The average molecular weight is 259 g/mol. The van der Waals surface area contributed by atoms with Gasteiger partial charge in [0.05, 0.1) is 6.04 Å². The molecule has 2 N–H and O–H groups in total. The zero-order valence-corrected chi connectivity index (χ0v) is 9.94. The van der Waals surface area contributed by atoms with Crippen LogP contribution in [0.5, 0.6) is 0 Å². The van der Waals surface area contributed by atoms with E-state index in [0.29, 0.717) is 16.9 Å². The van der Waals surface area contributed by atoms with E-state index >= 15 is 0 Å². The zero-order valence-electron chi connectivity index (χ0n) is 9.94. The molecule has 96 valence electrons. The van der Waals surface area contributed by atoms with Crippen molar-refractivity contribution < 1.29 is 13.2 Å². The largest absolute Gasteiger partial charge is 0.459 e. The Bertz CT molecular complexity index is 683. The van der Waals surface area contributed by atoms with Gasteiger partial charge in [-0.2, -0.15) is 0 Å². The highest BCUT2D eigenvalue weighted by molar-refractivity contribution is 5.77. The van der Waals surface area contributed by atoms with Crippen LogP contribution in [-0.4, -0.2) is 0 Å². The molecule has 4 heteroatoms. The van der Waals surface area contributed by atoms with E-state index in [4.69, 9.17) is 10.2 Å². The first kappa shape index (κ1) is 11.9. The van der Waals surface area contributed by atoms with Gasteiger partial charge in [-0.05, 0) is 29.8 Å². The Balaban J connectivity index is 2.05. The summed E-state index contributed by atoms with van der Waals surface area (Å²) >= 11 is 0. The molecule has 19 heavy (non-hydrogen) atoms. The lowest BCUT2D eigenvalue weighted by molar-refractivity contribution is 0.519. The van der Waals surface area contributed by atoms with Gasteiger partial charge in [-0.3, -0.25) is 0 Å². The third kappa shape index (κ3) is 2.22. The molecule has 0 aliphatic rings. The monoisotopic (exact) mass is 259 g/mol. The Morgan fingerprint density at radius 1 is 0.947 bits per heavy atom. The average Bonchev–Trinajstić information content (AvgIpc) is 2.80. The number of rotatable bonds is 2.